The molecule has 2 aromatic rings. The van der Waals surface area contributed by atoms with Gasteiger partial charge in [0.1, 0.15) is 6.29 Å². The van der Waals surface area contributed by atoms with Crippen LogP contribution in [-0.2, 0) is 0 Å². The Morgan fingerprint density at radius 2 is 1.93 bits per heavy atom. The van der Waals surface area contributed by atoms with Crippen LogP contribution >= 0.6 is 15.9 Å². The summed E-state index contributed by atoms with van der Waals surface area (Å²) >= 11 is 3.54. The normalized spacial score (nSPS) is 12.7. The fourth-order valence-corrected chi connectivity index (χ4v) is 2.37. The smallest absolute Gasteiger partial charge is 0.150 e. The second kappa shape index (κ2) is 4.15. The molecule has 2 rings (SSSR count). The average molecular weight is 263 g/mol. The number of alkyl halides is 1. The summed E-state index contributed by atoms with van der Waals surface area (Å²) in [5, 5.41) is 2.32. The van der Waals surface area contributed by atoms with E-state index in [9.17, 15) is 4.79 Å². The Hall–Kier alpha value is -1.15. The van der Waals surface area contributed by atoms with Crippen molar-refractivity contribution in [2.75, 3.05) is 0 Å². The minimum absolute atomic E-state index is 0.184. The number of carbonyl (C=O) groups is 1. The number of carbonyl (C=O) groups excluding carboxylic acids is 1. The van der Waals surface area contributed by atoms with Gasteiger partial charge >= 0.3 is 0 Å². The summed E-state index contributed by atoms with van der Waals surface area (Å²) in [6.45, 7) is 2.04. The number of aldehydes is 1. The largest absolute Gasteiger partial charge is 0.298 e. The molecule has 0 fully saturated rings. The molecule has 0 bridgehead atoms. The molecule has 1 atom stereocenters. The monoisotopic (exact) mass is 262 g/mol. The molecule has 1 nitrogen and oxygen atoms in total. The first-order valence-electron chi connectivity index (χ1n) is 4.85. The van der Waals surface area contributed by atoms with Gasteiger partial charge in [0.25, 0.3) is 0 Å². The second-order valence-corrected chi connectivity index (χ2v) is 4.90. The minimum Gasteiger partial charge on any atom is -0.298 e. The van der Waals surface area contributed by atoms with Crippen molar-refractivity contribution in [2.24, 2.45) is 0 Å². The summed E-state index contributed by atoms with van der Waals surface area (Å²) in [5.41, 5.74) is 1.83. The Morgan fingerprint density at radius 1 is 1.20 bits per heavy atom. The SMILES string of the molecule is CC(Br)c1c(C=O)ccc2ccccc12. The summed E-state index contributed by atoms with van der Waals surface area (Å²) < 4.78 is 0. The highest BCUT2D eigenvalue weighted by Crippen LogP contribution is 2.31. The van der Waals surface area contributed by atoms with Crippen LogP contribution in [0.25, 0.3) is 10.8 Å². The van der Waals surface area contributed by atoms with Gasteiger partial charge < -0.3 is 0 Å². The lowest BCUT2D eigenvalue weighted by Gasteiger charge is -2.11. The number of rotatable bonds is 2. The Bertz CT molecular complexity index is 503. The molecule has 0 N–H and O–H groups in total. The van der Waals surface area contributed by atoms with Crippen molar-refractivity contribution in [3.63, 3.8) is 0 Å². The second-order valence-electron chi connectivity index (χ2n) is 3.52. The van der Waals surface area contributed by atoms with E-state index in [2.05, 4.69) is 28.1 Å². The van der Waals surface area contributed by atoms with Crippen molar-refractivity contribution in [1.82, 2.24) is 0 Å². The predicted octanol–water partition coefficient (Wildman–Crippen LogP) is 4.11. The Labute approximate surface area is 97.2 Å². The van der Waals surface area contributed by atoms with Gasteiger partial charge in [-0.05, 0) is 23.3 Å². The molecule has 2 heteroatoms. The molecule has 0 aliphatic rings. The molecule has 0 saturated heterocycles. The third-order valence-corrected chi connectivity index (χ3v) is 2.99. The highest BCUT2D eigenvalue weighted by atomic mass is 79.9. The molecule has 0 spiro atoms. The lowest BCUT2D eigenvalue weighted by atomic mass is 9.98. The molecule has 0 aliphatic carbocycles. The van der Waals surface area contributed by atoms with Gasteiger partial charge in [0, 0.05) is 10.4 Å². The van der Waals surface area contributed by atoms with Crippen LogP contribution in [0.2, 0.25) is 0 Å². The van der Waals surface area contributed by atoms with Crippen LogP contribution in [-0.4, -0.2) is 6.29 Å². The molecule has 0 amide bonds. The highest BCUT2D eigenvalue weighted by molar-refractivity contribution is 9.09. The first kappa shape index (κ1) is 10.4. The van der Waals surface area contributed by atoms with Gasteiger partial charge in [0.05, 0.1) is 0 Å². The van der Waals surface area contributed by atoms with Crippen LogP contribution in [0.5, 0.6) is 0 Å². The van der Waals surface area contributed by atoms with E-state index >= 15 is 0 Å². The maximum absolute atomic E-state index is 11.0. The van der Waals surface area contributed by atoms with E-state index in [1.165, 1.54) is 5.39 Å². The third-order valence-electron chi connectivity index (χ3n) is 2.53. The number of halogens is 1. The van der Waals surface area contributed by atoms with Crippen LogP contribution < -0.4 is 0 Å². The van der Waals surface area contributed by atoms with E-state index < -0.39 is 0 Å². The first-order chi connectivity index (χ1) is 7.24. The van der Waals surface area contributed by atoms with E-state index in [0.717, 1.165) is 22.8 Å². The molecule has 0 saturated carbocycles. The molecule has 1 unspecified atom stereocenters. The lowest BCUT2D eigenvalue weighted by Crippen LogP contribution is -1.94. The topological polar surface area (TPSA) is 17.1 Å². The maximum atomic E-state index is 11.0. The van der Waals surface area contributed by atoms with Gasteiger partial charge in [-0.3, -0.25) is 4.79 Å². The number of fused-ring (bicyclic) bond motifs is 1. The Morgan fingerprint density at radius 3 is 2.60 bits per heavy atom. The van der Waals surface area contributed by atoms with Crippen LogP contribution in [0, 0.1) is 0 Å². The van der Waals surface area contributed by atoms with Crippen molar-refractivity contribution in [3.05, 3.63) is 47.5 Å². The number of hydrogen-bond donors (Lipinski definition) is 0. The van der Waals surface area contributed by atoms with Gasteiger partial charge in [-0.1, -0.05) is 52.3 Å². The van der Waals surface area contributed by atoms with Gasteiger partial charge in [-0.25, -0.2) is 0 Å². The standard InChI is InChI=1S/C13H11BrO/c1-9(14)13-11(8-15)7-6-10-4-2-3-5-12(10)13/h2-9H,1H3. The number of benzene rings is 2. The molecule has 76 valence electrons. The summed E-state index contributed by atoms with van der Waals surface area (Å²) in [6.07, 6.45) is 0.916. The molecule has 0 aliphatic heterocycles. The molecule has 0 aromatic heterocycles. The predicted molar refractivity (Wildman–Crippen MR) is 66.7 cm³/mol. The quantitative estimate of drug-likeness (QED) is 0.588. The Kier molecular flexibility index (Phi) is 2.87. The summed E-state index contributed by atoms with van der Waals surface area (Å²) in [6, 6.07) is 12.0. The van der Waals surface area contributed by atoms with E-state index in [0.29, 0.717) is 0 Å². The zero-order valence-corrected chi connectivity index (χ0v) is 9.99. The molecule has 2 aromatic carbocycles. The maximum Gasteiger partial charge on any atom is 0.150 e. The first-order valence-corrected chi connectivity index (χ1v) is 5.76. The van der Waals surface area contributed by atoms with Gasteiger partial charge in [0.15, 0.2) is 0 Å². The molecule has 15 heavy (non-hydrogen) atoms. The minimum atomic E-state index is 0.184. The number of hydrogen-bond acceptors (Lipinski definition) is 1. The van der Waals surface area contributed by atoms with Crippen molar-refractivity contribution in [2.45, 2.75) is 11.8 Å². The molecule has 0 heterocycles. The van der Waals surface area contributed by atoms with Gasteiger partial charge in [0.2, 0.25) is 0 Å². The van der Waals surface area contributed by atoms with Crippen LogP contribution in [0.1, 0.15) is 27.7 Å². The van der Waals surface area contributed by atoms with Gasteiger partial charge in [-0.15, -0.1) is 0 Å². The summed E-state index contributed by atoms with van der Waals surface area (Å²) in [4.78, 5) is 11.1. The molecular formula is C13H11BrO. The van der Waals surface area contributed by atoms with Crippen molar-refractivity contribution in [1.29, 1.82) is 0 Å². The van der Waals surface area contributed by atoms with E-state index in [1.807, 2.05) is 31.2 Å². The zero-order valence-electron chi connectivity index (χ0n) is 8.41. The fraction of sp³-hybridized carbons (Fsp3) is 0.154. The van der Waals surface area contributed by atoms with Crippen molar-refractivity contribution in [3.8, 4) is 0 Å². The lowest BCUT2D eigenvalue weighted by molar-refractivity contribution is 0.112. The van der Waals surface area contributed by atoms with Crippen LogP contribution in [0.15, 0.2) is 36.4 Å². The highest BCUT2D eigenvalue weighted by Gasteiger charge is 2.10. The molecule has 0 radical (unpaired) electrons. The van der Waals surface area contributed by atoms with Crippen LogP contribution in [0.3, 0.4) is 0 Å². The molecular weight excluding hydrogens is 252 g/mol. The zero-order chi connectivity index (χ0) is 10.8. The third kappa shape index (κ3) is 1.82. The summed E-state index contributed by atoms with van der Waals surface area (Å²) in [5.74, 6) is 0. The fourth-order valence-electron chi connectivity index (χ4n) is 1.86. The van der Waals surface area contributed by atoms with Crippen LogP contribution in [0.4, 0.5) is 0 Å². The Balaban J connectivity index is 2.84. The average Bonchev–Trinajstić information content (AvgIpc) is 2.27. The van der Waals surface area contributed by atoms with E-state index in [1.54, 1.807) is 0 Å². The summed E-state index contributed by atoms with van der Waals surface area (Å²) in [7, 11) is 0. The van der Waals surface area contributed by atoms with Crippen molar-refractivity contribution >= 4 is 33.0 Å². The van der Waals surface area contributed by atoms with E-state index in [4.69, 9.17) is 0 Å². The van der Waals surface area contributed by atoms with Gasteiger partial charge in [-0.2, -0.15) is 0 Å². The van der Waals surface area contributed by atoms with E-state index in [-0.39, 0.29) is 4.83 Å². The van der Waals surface area contributed by atoms with Crippen molar-refractivity contribution < 1.29 is 4.79 Å².